The van der Waals surface area contributed by atoms with E-state index in [0.29, 0.717) is 13.1 Å². The molecule has 2 N–H and O–H groups in total. The van der Waals surface area contributed by atoms with Crippen LogP contribution in [0.25, 0.3) is 5.82 Å². The summed E-state index contributed by atoms with van der Waals surface area (Å²) in [4.78, 5) is 13.0. The monoisotopic (exact) mass is 509 g/mol. The van der Waals surface area contributed by atoms with E-state index in [9.17, 15) is 0 Å². The molecule has 3 aromatic heterocycles. The third kappa shape index (κ3) is 5.55. The minimum atomic E-state index is 0. The molecule has 9 heteroatoms. The van der Waals surface area contributed by atoms with E-state index in [1.165, 1.54) is 0 Å². The molecule has 156 valence electrons. The highest BCUT2D eigenvalue weighted by molar-refractivity contribution is 14.0. The molecule has 0 saturated heterocycles. The molecule has 3 heterocycles. The highest BCUT2D eigenvalue weighted by atomic mass is 127. The number of aryl methyl sites for hydroxylation is 3. The van der Waals surface area contributed by atoms with E-state index < -0.39 is 0 Å². The summed E-state index contributed by atoms with van der Waals surface area (Å²) in [5.74, 6) is 3.41. The molecule has 3 rings (SSSR count). The summed E-state index contributed by atoms with van der Waals surface area (Å²) in [6.45, 7) is 7.36. The van der Waals surface area contributed by atoms with Crippen LogP contribution in [0.3, 0.4) is 0 Å². The molecule has 0 aliphatic rings. The number of aliphatic imine (C=N–C) groups is 1. The van der Waals surface area contributed by atoms with Crippen LogP contribution in [0.15, 0.2) is 40.2 Å². The molecule has 0 radical (unpaired) electrons. The summed E-state index contributed by atoms with van der Waals surface area (Å²) in [6, 6.07) is 4.03. The van der Waals surface area contributed by atoms with Crippen LogP contribution in [0.4, 0.5) is 0 Å². The molecule has 8 nitrogen and oxygen atoms in total. The number of nitrogens with one attached hydrogen (secondary N) is 2. The van der Waals surface area contributed by atoms with Gasteiger partial charge in [0.15, 0.2) is 5.96 Å². The number of guanidine groups is 1. The highest BCUT2D eigenvalue weighted by Crippen LogP contribution is 2.15. The van der Waals surface area contributed by atoms with Gasteiger partial charge >= 0.3 is 0 Å². The zero-order chi connectivity index (χ0) is 19.9. The number of aromatic nitrogens is 4. The van der Waals surface area contributed by atoms with Gasteiger partial charge in [0.2, 0.25) is 0 Å². The molecule has 0 atom stereocenters. The number of rotatable bonds is 7. The Morgan fingerprint density at radius 3 is 2.52 bits per heavy atom. The van der Waals surface area contributed by atoms with Gasteiger partial charge in [0.05, 0.1) is 5.69 Å². The Balaban J connectivity index is 0.00000300. The number of imidazole rings is 1. The molecular weight excluding hydrogens is 481 g/mol. The van der Waals surface area contributed by atoms with Gasteiger partial charge < -0.3 is 15.2 Å². The van der Waals surface area contributed by atoms with Crippen molar-refractivity contribution in [3.8, 4) is 5.82 Å². The van der Waals surface area contributed by atoms with Crippen molar-refractivity contribution < 1.29 is 4.52 Å². The SMILES string of the molecule is CCc1noc(CC)c1CNC(=NC)NCc1ccc(-n2ccnc2C)nc1.I. The topological polar surface area (TPSA) is 93.2 Å². The van der Waals surface area contributed by atoms with Gasteiger partial charge in [-0.1, -0.05) is 25.1 Å². The lowest BCUT2D eigenvalue weighted by molar-refractivity contribution is 0.380. The van der Waals surface area contributed by atoms with Gasteiger partial charge in [-0.25, -0.2) is 9.97 Å². The minimum absolute atomic E-state index is 0. The van der Waals surface area contributed by atoms with Crippen LogP contribution >= 0.6 is 24.0 Å². The van der Waals surface area contributed by atoms with Gasteiger partial charge in [-0.15, -0.1) is 24.0 Å². The van der Waals surface area contributed by atoms with Gasteiger partial charge in [0.25, 0.3) is 0 Å². The standard InChI is InChI=1S/C20H27N7O.HI/c1-5-17-16(18(6-2)28-26-17)13-25-20(21-4)24-12-15-7-8-19(23-11-15)27-10-9-22-14(27)3;/h7-11H,5-6,12-13H2,1-4H3,(H2,21,24,25);1H. The van der Waals surface area contributed by atoms with Crippen molar-refractivity contribution in [2.45, 2.75) is 46.7 Å². The molecule has 0 aliphatic heterocycles. The highest BCUT2D eigenvalue weighted by Gasteiger charge is 2.13. The second-order valence-corrected chi connectivity index (χ2v) is 6.39. The largest absolute Gasteiger partial charge is 0.361 e. The molecule has 0 amide bonds. The number of hydrogen-bond donors (Lipinski definition) is 2. The fraction of sp³-hybridized carbons (Fsp3) is 0.400. The first-order chi connectivity index (χ1) is 13.7. The lowest BCUT2D eigenvalue weighted by Gasteiger charge is -2.12. The quantitative estimate of drug-likeness (QED) is 0.289. The second kappa shape index (κ2) is 10.9. The normalized spacial score (nSPS) is 11.2. The first-order valence-corrected chi connectivity index (χ1v) is 9.52. The van der Waals surface area contributed by atoms with Gasteiger partial charge in [-0.05, 0) is 25.0 Å². The Labute approximate surface area is 188 Å². The molecule has 0 aliphatic carbocycles. The summed E-state index contributed by atoms with van der Waals surface area (Å²) in [6.07, 6.45) is 7.21. The van der Waals surface area contributed by atoms with Crippen molar-refractivity contribution in [1.29, 1.82) is 0 Å². The van der Waals surface area contributed by atoms with Crippen LogP contribution < -0.4 is 10.6 Å². The van der Waals surface area contributed by atoms with Gasteiger partial charge in [0.1, 0.15) is 17.4 Å². The first kappa shape index (κ1) is 22.9. The summed E-state index contributed by atoms with van der Waals surface area (Å²) >= 11 is 0. The van der Waals surface area contributed by atoms with E-state index in [-0.39, 0.29) is 24.0 Å². The summed E-state index contributed by atoms with van der Waals surface area (Å²) < 4.78 is 7.37. The molecule has 0 aromatic carbocycles. The zero-order valence-corrected chi connectivity index (χ0v) is 19.6. The van der Waals surface area contributed by atoms with E-state index in [2.05, 4.69) is 44.6 Å². The van der Waals surface area contributed by atoms with E-state index in [0.717, 1.165) is 53.0 Å². The average molecular weight is 509 g/mol. The lowest BCUT2D eigenvalue weighted by atomic mass is 10.1. The predicted octanol–water partition coefficient (Wildman–Crippen LogP) is 3.17. The van der Waals surface area contributed by atoms with Crippen molar-refractivity contribution in [2.75, 3.05) is 7.05 Å². The maximum absolute atomic E-state index is 5.42. The molecule has 0 spiro atoms. The van der Waals surface area contributed by atoms with E-state index in [1.807, 2.05) is 36.0 Å². The van der Waals surface area contributed by atoms with Crippen LogP contribution in [0.1, 0.15) is 42.3 Å². The lowest BCUT2D eigenvalue weighted by Crippen LogP contribution is -2.36. The summed E-state index contributed by atoms with van der Waals surface area (Å²) in [7, 11) is 1.76. The van der Waals surface area contributed by atoms with Crippen molar-refractivity contribution >= 4 is 29.9 Å². The first-order valence-electron chi connectivity index (χ1n) is 9.52. The van der Waals surface area contributed by atoms with Crippen LogP contribution in [-0.4, -0.2) is 32.7 Å². The van der Waals surface area contributed by atoms with Gasteiger partial charge in [-0.3, -0.25) is 9.56 Å². The van der Waals surface area contributed by atoms with Crippen LogP contribution in [0.2, 0.25) is 0 Å². The number of pyridine rings is 1. The Bertz CT molecular complexity index is 909. The Morgan fingerprint density at radius 2 is 1.93 bits per heavy atom. The minimum Gasteiger partial charge on any atom is -0.361 e. The molecule has 0 unspecified atom stereocenters. The average Bonchev–Trinajstić information content (AvgIpc) is 3.34. The number of nitrogens with zero attached hydrogens (tertiary/aromatic N) is 5. The van der Waals surface area contributed by atoms with Gasteiger partial charge in [0, 0.05) is 50.7 Å². The van der Waals surface area contributed by atoms with E-state index in [1.54, 1.807) is 13.2 Å². The Morgan fingerprint density at radius 1 is 1.14 bits per heavy atom. The summed E-state index contributed by atoms with van der Waals surface area (Å²) in [5, 5.41) is 10.8. The fourth-order valence-corrected chi connectivity index (χ4v) is 3.00. The van der Waals surface area contributed by atoms with Crippen LogP contribution in [-0.2, 0) is 25.9 Å². The van der Waals surface area contributed by atoms with Crippen LogP contribution in [0.5, 0.6) is 0 Å². The summed E-state index contributed by atoms with van der Waals surface area (Å²) in [5.41, 5.74) is 3.18. The Kier molecular flexibility index (Phi) is 8.62. The molecule has 0 saturated carbocycles. The van der Waals surface area contributed by atoms with Crippen molar-refractivity contribution in [1.82, 2.24) is 30.3 Å². The molecule has 29 heavy (non-hydrogen) atoms. The smallest absolute Gasteiger partial charge is 0.191 e. The van der Waals surface area contributed by atoms with E-state index >= 15 is 0 Å². The van der Waals surface area contributed by atoms with Gasteiger partial charge in [-0.2, -0.15) is 0 Å². The fourth-order valence-electron chi connectivity index (χ4n) is 3.00. The molecule has 0 fully saturated rings. The number of hydrogen-bond acceptors (Lipinski definition) is 5. The molecular formula is C20H28IN7O. The third-order valence-corrected chi connectivity index (χ3v) is 4.60. The van der Waals surface area contributed by atoms with Crippen molar-refractivity contribution in [2.24, 2.45) is 4.99 Å². The maximum atomic E-state index is 5.42. The number of halogens is 1. The van der Waals surface area contributed by atoms with Crippen molar-refractivity contribution in [3.63, 3.8) is 0 Å². The van der Waals surface area contributed by atoms with Crippen LogP contribution in [0, 0.1) is 6.92 Å². The second-order valence-electron chi connectivity index (χ2n) is 6.39. The zero-order valence-electron chi connectivity index (χ0n) is 17.3. The van der Waals surface area contributed by atoms with Crippen molar-refractivity contribution in [3.05, 3.63) is 59.1 Å². The molecule has 0 bridgehead atoms. The third-order valence-electron chi connectivity index (χ3n) is 4.60. The maximum Gasteiger partial charge on any atom is 0.191 e. The van der Waals surface area contributed by atoms with E-state index in [4.69, 9.17) is 4.52 Å². The predicted molar refractivity (Wildman–Crippen MR) is 124 cm³/mol. The molecule has 3 aromatic rings. The Hall–Kier alpha value is -2.43.